The molecule has 1 fully saturated rings. The largest absolute Gasteiger partial charge is 0.354 e. The lowest BCUT2D eigenvalue weighted by molar-refractivity contribution is -0.131. The van der Waals surface area contributed by atoms with E-state index in [4.69, 9.17) is 0 Å². The number of carbonyl (C=O) groups excluding carboxylic acids is 3. The van der Waals surface area contributed by atoms with Crippen molar-refractivity contribution >= 4 is 23.5 Å². The zero-order valence-electron chi connectivity index (χ0n) is 18.0. The highest BCUT2D eigenvalue weighted by atomic mass is 16.2. The van der Waals surface area contributed by atoms with Crippen LogP contribution in [0.2, 0.25) is 0 Å². The highest BCUT2D eigenvalue weighted by molar-refractivity contribution is 6.15. The maximum Gasteiger partial charge on any atom is 0.332 e. The van der Waals surface area contributed by atoms with Crippen molar-refractivity contribution in [1.29, 1.82) is 0 Å². The first-order valence-corrected chi connectivity index (χ1v) is 10.3. The van der Waals surface area contributed by atoms with Gasteiger partial charge in [0.1, 0.15) is 12.6 Å². The molecule has 1 N–H and O–H groups in total. The Morgan fingerprint density at radius 3 is 2.27 bits per heavy atom. The van der Waals surface area contributed by atoms with Crippen LogP contribution < -0.4 is 10.2 Å². The SMILES string of the molecule is Cc1ccc(N2C(=O)N(CC(=O)NCCc3ccc(C(C)C)cc3)C(=O)[C@H]2C)cc1. The number of amides is 4. The van der Waals surface area contributed by atoms with Gasteiger partial charge in [-0.25, -0.2) is 4.79 Å². The van der Waals surface area contributed by atoms with E-state index in [0.29, 0.717) is 24.6 Å². The van der Waals surface area contributed by atoms with Gasteiger partial charge in [0.25, 0.3) is 5.91 Å². The van der Waals surface area contributed by atoms with Crippen LogP contribution in [0.5, 0.6) is 0 Å². The zero-order chi connectivity index (χ0) is 21.8. The molecule has 4 amide bonds. The Morgan fingerprint density at radius 1 is 1.03 bits per heavy atom. The lowest BCUT2D eigenvalue weighted by Gasteiger charge is -2.19. The highest BCUT2D eigenvalue weighted by Crippen LogP contribution is 2.25. The van der Waals surface area contributed by atoms with Crippen molar-refractivity contribution in [3.8, 4) is 0 Å². The third kappa shape index (κ3) is 4.70. The number of hydrogen-bond acceptors (Lipinski definition) is 3. The number of imide groups is 1. The van der Waals surface area contributed by atoms with E-state index in [9.17, 15) is 14.4 Å². The van der Waals surface area contributed by atoms with Gasteiger partial charge >= 0.3 is 6.03 Å². The molecule has 1 aliphatic rings. The van der Waals surface area contributed by atoms with Gasteiger partial charge in [-0.3, -0.25) is 19.4 Å². The van der Waals surface area contributed by atoms with Crippen molar-refractivity contribution in [3.05, 3.63) is 65.2 Å². The average Bonchev–Trinajstić information content (AvgIpc) is 2.92. The Morgan fingerprint density at radius 2 is 1.67 bits per heavy atom. The molecule has 0 bridgehead atoms. The van der Waals surface area contributed by atoms with Crippen molar-refractivity contribution in [2.24, 2.45) is 0 Å². The smallest absolute Gasteiger partial charge is 0.332 e. The predicted molar refractivity (Wildman–Crippen MR) is 117 cm³/mol. The third-order valence-corrected chi connectivity index (χ3v) is 5.44. The number of hydrogen-bond donors (Lipinski definition) is 1. The Hall–Kier alpha value is -3.15. The molecule has 1 aliphatic heterocycles. The van der Waals surface area contributed by atoms with Gasteiger partial charge in [-0.2, -0.15) is 0 Å². The van der Waals surface area contributed by atoms with E-state index in [-0.39, 0.29) is 18.4 Å². The third-order valence-electron chi connectivity index (χ3n) is 5.44. The number of nitrogens with one attached hydrogen (secondary N) is 1. The van der Waals surface area contributed by atoms with E-state index < -0.39 is 12.1 Å². The fraction of sp³-hybridized carbons (Fsp3) is 0.375. The number of benzene rings is 2. The molecule has 1 saturated heterocycles. The maximum atomic E-state index is 12.8. The van der Waals surface area contributed by atoms with Crippen LogP contribution in [0.1, 0.15) is 43.4 Å². The number of anilines is 1. The summed E-state index contributed by atoms with van der Waals surface area (Å²) in [7, 11) is 0. The molecule has 1 heterocycles. The lowest BCUT2D eigenvalue weighted by atomic mass is 10.0. The molecule has 30 heavy (non-hydrogen) atoms. The van der Waals surface area contributed by atoms with E-state index >= 15 is 0 Å². The first-order chi connectivity index (χ1) is 14.3. The van der Waals surface area contributed by atoms with Crippen molar-refractivity contribution in [1.82, 2.24) is 10.2 Å². The van der Waals surface area contributed by atoms with Gasteiger partial charge in [0.15, 0.2) is 0 Å². The van der Waals surface area contributed by atoms with Gasteiger partial charge in [-0.05, 0) is 49.4 Å². The standard InChI is InChI=1S/C24H29N3O3/c1-16(2)20-9-7-19(8-10-20)13-14-25-22(28)15-26-23(29)18(4)27(24(26)30)21-11-5-17(3)6-12-21/h5-12,16,18H,13-15H2,1-4H3,(H,25,28)/t18-/m1/s1. The monoisotopic (exact) mass is 407 g/mol. The highest BCUT2D eigenvalue weighted by Gasteiger charge is 2.43. The topological polar surface area (TPSA) is 69.7 Å². The van der Waals surface area contributed by atoms with Crippen LogP contribution in [-0.4, -0.2) is 41.9 Å². The second-order valence-corrected chi connectivity index (χ2v) is 8.08. The van der Waals surface area contributed by atoms with Crippen molar-refractivity contribution < 1.29 is 14.4 Å². The average molecular weight is 408 g/mol. The molecule has 6 nitrogen and oxygen atoms in total. The van der Waals surface area contributed by atoms with Crippen LogP contribution in [0.25, 0.3) is 0 Å². The van der Waals surface area contributed by atoms with Gasteiger partial charge < -0.3 is 5.32 Å². The van der Waals surface area contributed by atoms with Crippen LogP contribution in [0, 0.1) is 6.92 Å². The molecule has 0 radical (unpaired) electrons. The number of nitrogens with zero attached hydrogens (tertiary/aromatic N) is 2. The number of aryl methyl sites for hydroxylation is 1. The molecular formula is C24H29N3O3. The number of urea groups is 1. The Bertz CT molecular complexity index is 920. The fourth-order valence-corrected chi connectivity index (χ4v) is 3.53. The predicted octanol–water partition coefficient (Wildman–Crippen LogP) is 3.63. The van der Waals surface area contributed by atoms with Crippen LogP contribution in [0.4, 0.5) is 10.5 Å². The summed E-state index contributed by atoms with van der Waals surface area (Å²) < 4.78 is 0. The Labute approximate surface area is 177 Å². The van der Waals surface area contributed by atoms with Crippen molar-refractivity contribution in [2.45, 2.75) is 46.1 Å². The summed E-state index contributed by atoms with van der Waals surface area (Å²) in [5, 5.41) is 2.81. The van der Waals surface area contributed by atoms with Gasteiger partial charge in [-0.15, -0.1) is 0 Å². The fourth-order valence-electron chi connectivity index (χ4n) is 3.53. The summed E-state index contributed by atoms with van der Waals surface area (Å²) in [6.07, 6.45) is 0.692. The van der Waals surface area contributed by atoms with Crippen LogP contribution in [-0.2, 0) is 16.0 Å². The van der Waals surface area contributed by atoms with Gasteiger partial charge in [0.05, 0.1) is 0 Å². The van der Waals surface area contributed by atoms with E-state index in [2.05, 4.69) is 43.4 Å². The van der Waals surface area contributed by atoms with Gasteiger partial charge in [0.2, 0.25) is 5.91 Å². The summed E-state index contributed by atoms with van der Waals surface area (Å²) in [6, 6.07) is 14.6. The maximum absolute atomic E-state index is 12.8. The summed E-state index contributed by atoms with van der Waals surface area (Å²) in [4.78, 5) is 40.2. The van der Waals surface area contributed by atoms with Crippen LogP contribution in [0.15, 0.2) is 48.5 Å². The summed E-state index contributed by atoms with van der Waals surface area (Å²) in [5.74, 6) is -0.218. The van der Waals surface area contributed by atoms with Gasteiger partial charge in [0, 0.05) is 12.2 Å². The molecule has 2 aromatic carbocycles. The molecule has 2 aromatic rings. The lowest BCUT2D eigenvalue weighted by Crippen LogP contribution is -2.42. The molecule has 6 heteroatoms. The van der Waals surface area contributed by atoms with E-state index in [1.54, 1.807) is 6.92 Å². The second kappa shape index (κ2) is 9.11. The molecule has 0 spiro atoms. The first-order valence-electron chi connectivity index (χ1n) is 10.3. The second-order valence-electron chi connectivity index (χ2n) is 8.08. The zero-order valence-corrected chi connectivity index (χ0v) is 18.0. The van der Waals surface area contributed by atoms with Crippen LogP contribution >= 0.6 is 0 Å². The van der Waals surface area contributed by atoms with Crippen LogP contribution in [0.3, 0.4) is 0 Å². The van der Waals surface area contributed by atoms with Gasteiger partial charge in [-0.1, -0.05) is 55.8 Å². The Balaban J connectivity index is 1.55. The number of carbonyl (C=O) groups is 3. The molecule has 3 rings (SSSR count). The van der Waals surface area contributed by atoms with Crippen molar-refractivity contribution in [3.63, 3.8) is 0 Å². The number of rotatable bonds is 7. The summed E-state index contributed by atoms with van der Waals surface area (Å²) >= 11 is 0. The molecule has 1 atom stereocenters. The minimum absolute atomic E-state index is 0.267. The molecule has 158 valence electrons. The Kier molecular flexibility index (Phi) is 6.55. The minimum atomic E-state index is -0.632. The molecule has 0 saturated carbocycles. The molecular weight excluding hydrogens is 378 g/mol. The van der Waals surface area contributed by atoms with Crippen molar-refractivity contribution in [2.75, 3.05) is 18.0 Å². The first kappa shape index (κ1) is 21.6. The quantitative estimate of drug-likeness (QED) is 0.713. The van der Waals surface area contributed by atoms with E-state index in [1.165, 1.54) is 10.5 Å². The molecule has 0 aliphatic carbocycles. The van der Waals surface area contributed by atoms with E-state index in [1.807, 2.05) is 31.2 Å². The molecule has 0 unspecified atom stereocenters. The normalized spacial score (nSPS) is 16.5. The van der Waals surface area contributed by atoms with E-state index in [0.717, 1.165) is 16.0 Å². The molecule has 0 aromatic heterocycles. The summed E-state index contributed by atoms with van der Waals surface area (Å²) in [6.45, 7) is 8.12. The summed E-state index contributed by atoms with van der Waals surface area (Å²) in [5.41, 5.74) is 4.13. The minimum Gasteiger partial charge on any atom is -0.354 e.